The molecule has 0 aliphatic heterocycles. The third kappa shape index (κ3) is 5.09. The summed E-state index contributed by atoms with van der Waals surface area (Å²) in [7, 11) is 0. The van der Waals surface area contributed by atoms with Crippen LogP contribution in [0.1, 0.15) is 38.1 Å². The van der Waals surface area contributed by atoms with E-state index in [9.17, 15) is 0 Å². The van der Waals surface area contributed by atoms with Gasteiger partial charge in [0.1, 0.15) is 11.6 Å². The summed E-state index contributed by atoms with van der Waals surface area (Å²) in [6, 6.07) is 0. The molecule has 0 unspecified atom stereocenters. The van der Waals surface area contributed by atoms with Crippen LogP contribution in [0.2, 0.25) is 0 Å². The van der Waals surface area contributed by atoms with E-state index in [-0.39, 0.29) is 0 Å². The Morgan fingerprint density at radius 1 is 1.27 bits per heavy atom. The van der Waals surface area contributed by atoms with Crippen molar-refractivity contribution in [1.82, 2.24) is 10.2 Å². The largest absolute Gasteiger partial charge is 0.374 e. The summed E-state index contributed by atoms with van der Waals surface area (Å²) in [4.78, 5) is 0. The van der Waals surface area contributed by atoms with E-state index < -0.39 is 0 Å². The van der Waals surface area contributed by atoms with Crippen molar-refractivity contribution in [2.24, 2.45) is 0 Å². The lowest BCUT2D eigenvalue weighted by Gasteiger charge is -1.99. The number of rotatable bonds is 8. The minimum atomic E-state index is 0.590. The summed E-state index contributed by atoms with van der Waals surface area (Å²) >= 11 is 1.56. The molecule has 0 aliphatic rings. The number of aromatic nitrogens is 2. The van der Waals surface area contributed by atoms with E-state index in [2.05, 4.69) is 22.4 Å². The molecule has 0 bridgehead atoms. The van der Waals surface area contributed by atoms with Crippen LogP contribution in [0, 0.1) is 0 Å². The van der Waals surface area contributed by atoms with Gasteiger partial charge in [-0.3, -0.25) is 0 Å². The Hall–Kier alpha value is -0.680. The second-order valence-electron chi connectivity index (χ2n) is 3.29. The van der Waals surface area contributed by atoms with Crippen molar-refractivity contribution in [2.45, 2.75) is 39.7 Å². The van der Waals surface area contributed by atoms with Crippen LogP contribution in [0.25, 0.3) is 0 Å². The molecular formula is C10H19N3OS. The number of unbranched alkanes of at least 4 members (excludes halogenated alkanes) is 2. The van der Waals surface area contributed by atoms with Gasteiger partial charge in [0.15, 0.2) is 0 Å². The van der Waals surface area contributed by atoms with Gasteiger partial charge in [0.05, 0.1) is 0 Å². The molecule has 0 saturated heterocycles. The van der Waals surface area contributed by atoms with E-state index in [0.717, 1.165) is 29.7 Å². The zero-order chi connectivity index (χ0) is 10.9. The highest BCUT2D eigenvalue weighted by molar-refractivity contribution is 7.15. The van der Waals surface area contributed by atoms with Gasteiger partial charge >= 0.3 is 0 Å². The first-order valence-corrected chi connectivity index (χ1v) is 6.32. The molecule has 0 spiro atoms. The molecule has 5 heteroatoms. The Bertz CT molecular complexity index is 265. The maximum atomic E-state index is 5.49. The van der Waals surface area contributed by atoms with Gasteiger partial charge in [0.25, 0.3) is 0 Å². The van der Waals surface area contributed by atoms with Crippen molar-refractivity contribution < 1.29 is 4.74 Å². The Morgan fingerprint density at radius 2 is 2.13 bits per heavy atom. The number of nitrogens with one attached hydrogen (secondary N) is 1. The number of nitrogens with zero attached hydrogens (tertiary/aromatic N) is 2. The predicted octanol–water partition coefficient (Wildman–Crippen LogP) is 2.68. The van der Waals surface area contributed by atoms with Crippen molar-refractivity contribution in [3.8, 4) is 0 Å². The maximum absolute atomic E-state index is 5.49. The number of hydrogen-bond donors (Lipinski definition) is 1. The molecule has 1 aromatic rings. The fraction of sp³-hybridized carbons (Fsp3) is 0.800. The standard InChI is InChI=1S/C10H19N3OS/c1-3-5-6-7-14-8-9-12-13-10(15-9)11-4-2/h3-8H2,1-2H3,(H,11,13). The van der Waals surface area contributed by atoms with Crippen LogP contribution in [-0.4, -0.2) is 23.3 Å². The van der Waals surface area contributed by atoms with E-state index in [1.54, 1.807) is 11.3 Å². The third-order valence-corrected chi connectivity index (χ3v) is 2.77. The Kier molecular flexibility index (Phi) is 6.27. The second-order valence-corrected chi connectivity index (χ2v) is 4.35. The Balaban J connectivity index is 2.14. The van der Waals surface area contributed by atoms with Gasteiger partial charge in [-0.25, -0.2) is 0 Å². The van der Waals surface area contributed by atoms with Gasteiger partial charge in [0.2, 0.25) is 5.13 Å². The zero-order valence-electron chi connectivity index (χ0n) is 9.45. The van der Waals surface area contributed by atoms with Crippen LogP contribution in [-0.2, 0) is 11.3 Å². The molecule has 0 atom stereocenters. The summed E-state index contributed by atoms with van der Waals surface area (Å²) in [5.74, 6) is 0. The van der Waals surface area contributed by atoms with Crippen LogP contribution in [0.5, 0.6) is 0 Å². The summed E-state index contributed by atoms with van der Waals surface area (Å²) in [5, 5.41) is 13.0. The van der Waals surface area contributed by atoms with Crippen molar-refractivity contribution in [3.05, 3.63) is 5.01 Å². The lowest BCUT2D eigenvalue weighted by molar-refractivity contribution is 0.116. The average molecular weight is 229 g/mol. The van der Waals surface area contributed by atoms with Crippen molar-refractivity contribution in [2.75, 3.05) is 18.5 Å². The molecule has 86 valence electrons. The summed E-state index contributed by atoms with van der Waals surface area (Å²) in [6.07, 6.45) is 3.60. The molecule has 0 saturated carbocycles. The molecule has 1 N–H and O–H groups in total. The molecule has 1 aromatic heterocycles. The van der Waals surface area contributed by atoms with E-state index in [1.807, 2.05) is 6.92 Å². The molecule has 1 heterocycles. The highest BCUT2D eigenvalue weighted by atomic mass is 32.1. The summed E-state index contributed by atoms with van der Waals surface area (Å²) in [5.41, 5.74) is 0. The lowest BCUT2D eigenvalue weighted by atomic mass is 10.3. The molecular weight excluding hydrogens is 210 g/mol. The smallest absolute Gasteiger partial charge is 0.205 e. The van der Waals surface area contributed by atoms with Crippen molar-refractivity contribution in [1.29, 1.82) is 0 Å². The molecule has 0 fully saturated rings. The fourth-order valence-electron chi connectivity index (χ4n) is 1.15. The van der Waals surface area contributed by atoms with Gasteiger partial charge in [-0.1, -0.05) is 31.1 Å². The van der Waals surface area contributed by atoms with Crippen LogP contribution in [0.3, 0.4) is 0 Å². The SMILES string of the molecule is CCCCCOCc1nnc(NCC)s1. The van der Waals surface area contributed by atoms with Gasteiger partial charge in [-0.05, 0) is 13.3 Å². The van der Waals surface area contributed by atoms with Gasteiger partial charge in [0, 0.05) is 13.2 Å². The van der Waals surface area contributed by atoms with Crippen molar-refractivity contribution in [3.63, 3.8) is 0 Å². The van der Waals surface area contributed by atoms with Crippen molar-refractivity contribution >= 4 is 16.5 Å². The third-order valence-electron chi connectivity index (χ3n) is 1.91. The summed E-state index contributed by atoms with van der Waals surface area (Å²) in [6.45, 7) is 6.53. The molecule has 4 nitrogen and oxygen atoms in total. The monoisotopic (exact) mass is 229 g/mol. The first-order chi connectivity index (χ1) is 7.36. The number of hydrogen-bond acceptors (Lipinski definition) is 5. The quantitative estimate of drug-likeness (QED) is 0.696. The van der Waals surface area contributed by atoms with E-state index >= 15 is 0 Å². The van der Waals surface area contributed by atoms with Crippen LogP contribution >= 0.6 is 11.3 Å². The predicted molar refractivity (Wildman–Crippen MR) is 63.3 cm³/mol. The van der Waals surface area contributed by atoms with E-state index in [4.69, 9.17) is 4.74 Å². The van der Waals surface area contributed by atoms with Gasteiger partial charge in [-0.15, -0.1) is 10.2 Å². The van der Waals surface area contributed by atoms with Gasteiger partial charge < -0.3 is 10.1 Å². The number of anilines is 1. The number of ether oxygens (including phenoxy) is 1. The second kappa shape index (κ2) is 7.59. The molecule has 15 heavy (non-hydrogen) atoms. The lowest BCUT2D eigenvalue weighted by Crippen LogP contribution is -1.94. The van der Waals surface area contributed by atoms with E-state index in [0.29, 0.717) is 6.61 Å². The Morgan fingerprint density at radius 3 is 2.87 bits per heavy atom. The first-order valence-electron chi connectivity index (χ1n) is 5.50. The fourth-order valence-corrected chi connectivity index (χ4v) is 1.89. The minimum Gasteiger partial charge on any atom is -0.374 e. The van der Waals surface area contributed by atoms with Crippen LogP contribution in [0.4, 0.5) is 5.13 Å². The molecule has 0 amide bonds. The summed E-state index contributed by atoms with van der Waals surface area (Å²) < 4.78 is 5.49. The minimum absolute atomic E-state index is 0.590. The molecule has 0 aliphatic carbocycles. The Labute approximate surface area is 95.1 Å². The van der Waals surface area contributed by atoms with E-state index in [1.165, 1.54) is 12.8 Å². The van der Waals surface area contributed by atoms with Crippen LogP contribution < -0.4 is 5.32 Å². The maximum Gasteiger partial charge on any atom is 0.205 e. The zero-order valence-corrected chi connectivity index (χ0v) is 10.3. The normalized spacial score (nSPS) is 10.5. The van der Waals surface area contributed by atoms with Crippen LogP contribution in [0.15, 0.2) is 0 Å². The highest BCUT2D eigenvalue weighted by Gasteiger charge is 2.02. The topological polar surface area (TPSA) is 47.0 Å². The average Bonchev–Trinajstić information content (AvgIpc) is 2.66. The molecule has 0 radical (unpaired) electrons. The molecule has 0 aromatic carbocycles. The highest BCUT2D eigenvalue weighted by Crippen LogP contribution is 2.15. The van der Waals surface area contributed by atoms with Gasteiger partial charge in [-0.2, -0.15) is 0 Å². The first kappa shape index (κ1) is 12.4. The molecule has 1 rings (SSSR count).